The second kappa shape index (κ2) is 10.8. The van der Waals surface area contributed by atoms with Crippen molar-refractivity contribution in [2.75, 3.05) is 7.11 Å². The predicted molar refractivity (Wildman–Crippen MR) is 127 cm³/mol. The van der Waals surface area contributed by atoms with E-state index in [0.717, 1.165) is 18.9 Å². The van der Waals surface area contributed by atoms with Gasteiger partial charge in [0.1, 0.15) is 5.82 Å². The number of halogens is 4. The van der Waals surface area contributed by atoms with Crippen LogP contribution in [0.25, 0.3) is 0 Å². The van der Waals surface area contributed by atoms with E-state index in [1.165, 1.54) is 48.9 Å². The molecule has 2 fully saturated rings. The Bertz CT molecular complexity index is 898. The van der Waals surface area contributed by atoms with Crippen LogP contribution in [0.3, 0.4) is 0 Å². The first kappa shape index (κ1) is 24.6. The van der Waals surface area contributed by atoms with Gasteiger partial charge in [0.2, 0.25) is 0 Å². The van der Waals surface area contributed by atoms with Gasteiger partial charge in [0.25, 0.3) is 5.92 Å². The van der Waals surface area contributed by atoms with Gasteiger partial charge in [0, 0.05) is 19.4 Å². The van der Waals surface area contributed by atoms with Crippen LogP contribution >= 0.6 is 11.6 Å². The molecule has 2 aromatic carbocycles. The first-order valence-electron chi connectivity index (χ1n) is 12.2. The first-order chi connectivity index (χ1) is 15.9. The molecule has 0 spiro atoms. The Balaban J connectivity index is 1.25. The average molecular weight is 479 g/mol. The van der Waals surface area contributed by atoms with E-state index < -0.39 is 24.1 Å². The lowest BCUT2D eigenvalue weighted by Crippen LogP contribution is -2.35. The summed E-state index contributed by atoms with van der Waals surface area (Å²) in [6.07, 6.45) is 7.25. The highest BCUT2D eigenvalue weighted by molar-refractivity contribution is 6.30. The van der Waals surface area contributed by atoms with Gasteiger partial charge in [0.15, 0.2) is 0 Å². The lowest BCUT2D eigenvalue weighted by molar-refractivity contribution is -0.0775. The van der Waals surface area contributed by atoms with Gasteiger partial charge in [0.05, 0.1) is 11.6 Å². The largest absolute Gasteiger partial charge is 0.380 e. The van der Waals surface area contributed by atoms with Crippen LogP contribution in [-0.2, 0) is 17.8 Å². The average Bonchev–Trinajstić information content (AvgIpc) is 2.82. The van der Waals surface area contributed by atoms with Crippen LogP contribution < -0.4 is 0 Å². The van der Waals surface area contributed by atoms with E-state index in [1.807, 2.05) is 0 Å². The Labute approximate surface area is 200 Å². The number of rotatable bonds is 7. The molecule has 2 aliphatic carbocycles. The molecule has 5 heteroatoms. The summed E-state index contributed by atoms with van der Waals surface area (Å²) in [7, 11) is 1.71. The molecule has 1 nitrogen and oxygen atoms in total. The molecule has 0 aliphatic heterocycles. The molecule has 0 amide bonds. The van der Waals surface area contributed by atoms with Crippen molar-refractivity contribution in [3.63, 3.8) is 0 Å². The predicted octanol–water partition coefficient (Wildman–Crippen LogP) is 8.58. The van der Waals surface area contributed by atoms with Crippen LogP contribution in [-0.4, -0.2) is 13.0 Å². The van der Waals surface area contributed by atoms with Gasteiger partial charge in [-0.05, 0) is 97.9 Å². The third-order valence-electron chi connectivity index (χ3n) is 7.99. The van der Waals surface area contributed by atoms with E-state index in [2.05, 4.69) is 24.3 Å². The van der Waals surface area contributed by atoms with E-state index >= 15 is 0 Å². The maximum atomic E-state index is 14.9. The molecule has 2 aliphatic rings. The van der Waals surface area contributed by atoms with Crippen LogP contribution in [0.2, 0.25) is 5.02 Å². The van der Waals surface area contributed by atoms with Gasteiger partial charge in [-0.1, -0.05) is 41.9 Å². The molecular formula is C28H34ClF3O. The lowest BCUT2D eigenvalue weighted by atomic mass is 9.67. The quantitative estimate of drug-likeness (QED) is 0.387. The highest BCUT2D eigenvalue weighted by atomic mass is 35.5. The maximum Gasteiger partial charge on any atom is 0.254 e. The summed E-state index contributed by atoms with van der Waals surface area (Å²) in [5, 5.41) is -0.0274. The molecule has 0 heterocycles. The van der Waals surface area contributed by atoms with Gasteiger partial charge in [-0.15, -0.1) is 0 Å². The monoisotopic (exact) mass is 478 g/mol. The zero-order valence-corrected chi connectivity index (χ0v) is 20.1. The van der Waals surface area contributed by atoms with Gasteiger partial charge in [-0.3, -0.25) is 0 Å². The molecular weight excluding hydrogens is 445 g/mol. The molecule has 4 rings (SSSR count). The van der Waals surface area contributed by atoms with E-state index in [9.17, 15) is 13.2 Å². The summed E-state index contributed by atoms with van der Waals surface area (Å²) in [5.41, 5.74) is 2.93. The number of methoxy groups -OCH3 is 1. The lowest BCUT2D eigenvalue weighted by Gasteiger charge is -2.39. The normalized spacial score (nSPS) is 26.3. The molecule has 33 heavy (non-hydrogen) atoms. The standard InChI is InChI=1S/C28H34ClF3O/c1-33-18-19-2-5-21(6-3-19)22-7-9-23(10-8-22)24-11-13-25(14-12-24)28(31,32)17-20-4-15-26(29)27(30)16-20/h2-6,15-16,22-25H,7-14,17-18H2,1H3. The topological polar surface area (TPSA) is 9.23 Å². The minimum Gasteiger partial charge on any atom is -0.380 e. The van der Waals surface area contributed by atoms with Crippen molar-refractivity contribution in [3.8, 4) is 0 Å². The van der Waals surface area contributed by atoms with Crippen molar-refractivity contribution in [3.05, 3.63) is 70.0 Å². The van der Waals surface area contributed by atoms with Crippen molar-refractivity contribution in [1.29, 1.82) is 0 Å². The summed E-state index contributed by atoms with van der Waals surface area (Å²) in [6.45, 7) is 0.644. The van der Waals surface area contributed by atoms with E-state index in [1.54, 1.807) is 7.11 Å². The maximum absolute atomic E-state index is 14.9. The summed E-state index contributed by atoms with van der Waals surface area (Å²) >= 11 is 5.68. The van der Waals surface area contributed by atoms with Gasteiger partial charge < -0.3 is 4.74 Å². The third-order valence-corrected chi connectivity index (χ3v) is 8.30. The number of alkyl halides is 2. The zero-order chi connectivity index (χ0) is 23.4. The summed E-state index contributed by atoms with van der Waals surface area (Å²) in [5.74, 6) is -2.22. The van der Waals surface area contributed by atoms with Crippen LogP contribution in [0, 0.1) is 23.6 Å². The molecule has 2 aromatic rings. The number of benzene rings is 2. The highest BCUT2D eigenvalue weighted by Gasteiger charge is 2.42. The molecule has 0 aromatic heterocycles. The van der Waals surface area contributed by atoms with Crippen molar-refractivity contribution in [1.82, 2.24) is 0 Å². The van der Waals surface area contributed by atoms with Gasteiger partial charge >= 0.3 is 0 Å². The zero-order valence-electron chi connectivity index (χ0n) is 19.3. The summed E-state index contributed by atoms with van der Waals surface area (Å²) < 4.78 is 48.7. The first-order valence-corrected chi connectivity index (χ1v) is 12.6. The Morgan fingerprint density at radius 1 is 0.848 bits per heavy atom. The van der Waals surface area contributed by atoms with Crippen LogP contribution in [0.4, 0.5) is 13.2 Å². The smallest absolute Gasteiger partial charge is 0.254 e. The van der Waals surface area contributed by atoms with Crippen LogP contribution in [0.5, 0.6) is 0 Å². The second-order valence-corrected chi connectivity index (χ2v) is 10.5. The van der Waals surface area contributed by atoms with Gasteiger partial charge in [-0.25, -0.2) is 13.2 Å². The fourth-order valence-corrected chi connectivity index (χ4v) is 6.17. The Kier molecular flexibility index (Phi) is 8.07. The Morgan fingerprint density at radius 3 is 2.00 bits per heavy atom. The minimum atomic E-state index is -2.81. The molecule has 0 N–H and O–H groups in total. The van der Waals surface area contributed by atoms with Crippen molar-refractivity contribution in [2.24, 2.45) is 17.8 Å². The highest BCUT2D eigenvalue weighted by Crippen LogP contribution is 2.47. The summed E-state index contributed by atoms with van der Waals surface area (Å²) in [4.78, 5) is 0. The third kappa shape index (κ3) is 6.14. The van der Waals surface area contributed by atoms with E-state index in [4.69, 9.17) is 16.3 Å². The van der Waals surface area contributed by atoms with E-state index in [-0.39, 0.29) is 5.02 Å². The SMILES string of the molecule is COCc1ccc(C2CCC(C3CCC(C(F)(F)Cc4ccc(Cl)c(F)c4)CC3)CC2)cc1. The van der Waals surface area contributed by atoms with Crippen LogP contribution in [0.1, 0.15) is 74.0 Å². The van der Waals surface area contributed by atoms with Crippen molar-refractivity contribution in [2.45, 2.75) is 76.2 Å². The van der Waals surface area contributed by atoms with E-state index in [0.29, 0.717) is 42.8 Å². The van der Waals surface area contributed by atoms with Gasteiger partial charge in [-0.2, -0.15) is 0 Å². The Morgan fingerprint density at radius 2 is 1.42 bits per heavy atom. The minimum absolute atomic E-state index is 0.0274. The molecule has 0 saturated heterocycles. The fourth-order valence-electron chi connectivity index (χ4n) is 6.06. The summed E-state index contributed by atoms with van der Waals surface area (Å²) in [6, 6.07) is 12.8. The molecule has 0 radical (unpaired) electrons. The fraction of sp³-hybridized carbons (Fsp3) is 0.571. The number of hydrogen-bond acceptors (Lipinski definition) is 1. The molecule has 0 unspecified atom stereocenters. The van der Waals surface area contributed by atoms with Crippen molar-refractivity contribution < 1.29 is 17.9 Å². The molecule has 0 atom stereocenters. The van der Waals surface area contributed by atoms with Crippen molar-refractivity contribution >= 4 is 11.6 Å². The molecule has 2 saturated carbocycles. The van der Waals surface area contributed by atoms with Crippen LogP contribution in [0.15, 0.2) is 42.5 Å². The number of hydrogen-bond donors (Lipinski definition) is 0. The Hall–Kier alpha value is -1.52. The molecule has 180 valence electrons. The number of ether oxygens (including phenoxy) is 1. The second-order valence-electron chi connectivity index (χ2n) is 10.1. The molecule has 0 bridgehead atoms.